The molecule has 0 saturated heterocycles. The molecule has 1 nitrogen and oxygen atoms in total. The topological polar surface area (TPSA) is 12.0 Å². The van der Waals surface area contributed by atoms with Crippen LogP contribution in [-0.2, 0) is 6.54 Å². The van der Waals surface area contributed by atoms with Crippen LogP contribution in [0, 0.1) is 0 Å². The quantitative estimate of drug-likeness (QED) is 0.657. The monoisotopic (exact) mass is 253 g/mol. The SMILES string of the molecule is CCCCCCC(C)NCc1ccccc1Cl. The van der Waals surface area contributed by atoms with Crippen LogP contribution in [0.5, 0.6) is 0 Å². The molecule has 1 aromatic carbocycles. The fourth-order valence-corrected chi connectivity index (χ4v) is 2.11. The standard InChI is InChI=1S/C15H24ClN/c1-3-4-5-6-9-13(2)17-12-14-10-7-8-11-15(14)16/h7-8,10-11,13,17H,3-6,9,12H2,1-2H3. The summed E-state index contributed by atoms with van der Waals surface area (Å²) in [4.78, 5) is 0. The summed E-state index contributed by atoms with van der Waals surface area (Å²) in [5, 5.41) is 4.39. The molecular formula is C15H24ClN. The highest BCUT2D eigenvalue weighted by atomic mass is 35.5. The van der Waals surface area contributed by atoms with Gasteiger partial charge in [0.15, 0.2) is 0 Å². The molecule has 1 rings (SSSR count). The van der Waals surface area contributed by atoms with E-state index in [1.54, 1.807) is 0 Å². The minimum atomic E-state index is 0.572. The minimum Gasteiger partial charge on any atom is -0.310 e. The molecule has 0 saturated carbocycles. The van der Waals surface area contributed by atoms with Crippen LogP contribution in [0.4, 0.5) is 0 Å². The van der Waals surface area contributed by atoms with Gasteiger partial charge in [-0.15, -0.1) is 0 Å². The molecule has 1 aromatic rings. The van der Waals surface area contributed by atoms with E-state index < -0.39 is 0 Å². The van der Waals surface area contributed by atoms with Crippen molar-refractivity contribution >= 4 is 11.6 Å². The van der Waals surface area contributed by atoms with Crippen LogP contribution in [0.1, 0.15) is 51.5 Å². The van der Waals surface area contributed by atoms with Crippen LogP contribution in [0.15, 0.2) is 24.3 Å². The third-order valence-electron chi connectivity index (χ3n) is 3.09. The van der Waals surface area contributed by atoms with Gasteiger partial charge >= 0.3 is 0 Å². The summed E-state index contributed by atoms with van der Waals surface area (Å²) in [6, 6.07) is 8.61. The Bertz CT molecular complexity index is 312. The van der Waals surface area contributed by atoms with Crippen molar-refractivity contribution in [3.05, 3.63) is 34.9 Å². The van der Waals surface area contributed by atoms with E-state index in [0.29, 0.717) is 6.04 Å². The minimum absolute atomic E-state index is 0.572. The van der Waals surface area contributed by atoms with Gasteiger partial charge in [0.2, 0.25) is 0 Å². The van der Waals surface area contributed by atoms with Gasteiger partial charge < -0.3 is 5.32 Å². The molecule has 0 aliphatic carbocycles. The van der Waals surface area contributed by atoms with Crippen LogP contribution in [0.2, 0.25) is 5.02 Å². The molecule has 1 unspecified atom stereocenters. The van der Waals surface area contributed by atoms with Gasteiger partial charge in [-0.2, -0.15) is 0 Å². The zero-order valence-electron chi connectivity index (χ0n) is 11.0. The van der Waals surface area contributed by atoms with Crippen molar-refractivity contribution in [3.63, 3.8) is 0 Å². The Balaban J connectivity index is 2.19. The van der Waals surface area contributed by atoms with Gasteiger partial charge in [0, 0.05) is 17.6 Å². The second kappa shape index (κ2) is 8.54. The van der Waals surface area contributed by atoms with Crippen LogP contribution >= 0.6 is 11.6 Å². The first-order valence-electron chi connectivity index (χ1n) is 6.70. The zero-order chi connectivity index (χ0) is 12.5. The van der Waals surface area contributed by atoms with E-state index in [0.717, 1.165) is 11.6 Å². The fourth-order valence-electron chi connectivity index (χ4n) is 1.91. The van der Waals surface area contributed by atoms with Crippen molar-refractivity contribution in [1.82, 2.24) is 5.32 Å². The predicted molar refractivity (Wildman–Crippen MR) is 76.5 cm³/mol. The Morgan fingerprint density at radius 3 is 2.65 bits per heavy atom. The molecule has 0 radical (unpaired) electrons. The van der Waals surface area contributed by atoms with Crippen molar-refractivity contribution < 1.29 is 0 Å². The fraction of sp³-hybridized carbons (Fsp3) is 0.600. The summed E-state index contributed by atoms with van der Waals surface area (Å²) < 4.78 is 0. The van der Waals surface area contributed by atoms with Gasteiger partial charge in [-0.25, -0.2) is 0 Å². The summed E-state index contributed by atoms with van der Waals surface area (Å²) in [7, 11) is 0. The van der Waals surface area contributed by atoms with Crippen molar-refractivity contribution in [2.45, 2.75) is 58.5 Å². The molecule has 0 fully saturated rings. The van der Waals surface area contributed by atoms with Gasteiger partial charge in [-0.1, -0.05) is 62.4 Å². The summed E-state index contributed by atoms with van der Waals surface area (Å²) >= 11 is 6.11. The maximum absolute atomic E-state index is 6.11. The second-order valence-electron chi connectivity index (χ2n) is 4.72. The highest BCUT2D eigenvalue weighted by Gasteiger charge is 2.03. The number of halogens is 1. The van der Waals surface area contributed by atoms with Gasteiger partial charge in [-0.3, -0.25) is 0 Å². The average molecular weight is 254 g/mol. The first kappa shape index (κ1) is 14.5. The number of unbranched alkanes of at least 4 members (excludes halogenated alkanes) is 3. The molecule has 0 aromatic heterocycles. The zero-order valence-corrected chi connectivity index (χ0v) is 11.8. The molecule has 2 heteroatoms. The van der Waals surface area contributed by atoms with E-state index in [-0.39, 0.29) is 0 Å². The molecule has 0 heterocycles. The van der Waals surface area contributed by atoms with Crippen LogP contribution < -0.4 is 5.32 Å². The van der Waals surface area contributed by atoms with Crippen molar-refractivity contribution in [3.8, 4) is 0 Å². The van der Waals surface area contributed by atoms with E-state index >= 15 is 0 Å². The predicted octanol–water partition coefficient (Wildman–Crippen LogP) is 4.79. The smallest absolute Gasteiger partial charge is 0.0450 e. The number of benzene rings is 1. The van der Waals surface area contributed by atoms with Crippen molar-refractivity contribution in [1.29, 1.82) is 0 Å². The van der Waals surface area contributed by atoms with Crippen LogP contribution in [-0.4, -0.2) is 6.04 Å². The molecule has 0 aliphatic heterocycles. The maximum Gasteiger partial charge on any atom is 0.0450 e. The van der Waals surface area contributed by atoms with E-state index in [1.165, 1.54) is 37.7 Å². The van der Waals surface area contributed by atoms with Crippen molar-refractivity contribution in [2.75, 3.05) is 0 Å². The van der Waals surface area contributed by atoms with E-state index in [2.05, 4.69) is 25.2 Å². The number of nitrogens with one attached hydrogen (secondary N) is 1. The Hall–Kier alpha value is -0.530. The third-order valence-corrected chi connectivity index (χ3v) is 3.46. The molecule has 0 spiro atoms. The highest BCUT2D eigenvalue weighted by molar-refractivity contribution is 6.31. The Kier molecular flexibility index (Phi) is 7.30. The van der Waals surface area contributed by atoms with E-state index in [9.17, 15) is 0 Å². The highest BCUT2D eigenvalue weighted by Crippen LogP contribution is 2.15. The van der Waals surface area contributed by atoms with E-state index in [4.69, 9.17) is 11.6 Å². The lowest BCUT2D eigenvalue weighted by atomic mass is 10.1. The maximum atomic E-state index is 6.11. The van der Waals surface area contributed by atoms with Gasteiger partial charge in [0.05, 0.1) is 0 Å². The van der Waals surface area contributed by atoms with Crippen LogP contribution in [0.3, 0.4) is 0 Å². The lowest BCUT2D eigenvalue weighted by Crippen LogP contribution is -2.25. The first-order chi connectivity index (χ1) is 8.24. The molecule has 0 amide bonds. The van der Waals surface area contributed by atoms with Gasteiger partial charge in [-0.05, 0) is 25.0 Å². The molecule has 1 N–H and O–H groups in total. The number of rotatable bonds is 8. The first-order valence-corrected chi connectivity index (χ1v) is 7.08. The number of hydrogen-bond donors (Lipinski definition) is 1. The van der Waals surface area contributed by atoms with Crippen LogP contribution in [0.25, 0.3) is 0 Å². The molecule has 1 atom stereocenters. The molecule has 0 aliphatic rings. The average Bonchev–Trinajstić information content (AvgIpc) is 2.34. The van der Waals surface area contributed by atoms with E-state index in [1.807, 2.05) is 18.2 Å². The molecule has 17 heavy (non-hydrogen) atoms. The Morgan fingerprint density at radius 1 is 1.18 bits per heavy atom. The summed E-state index contributed by atoms with van der Waals surface area (Å²) in [6.45, 7) is 5.37. The largest absolute Gasteiger partial charge is 0.310 e. The summed E-state index contributed by atoms with van der Waals surface area (Å²) in [5.74, 6) is 0. The normalized spacial score (nSPS) is 12.6. The molecular weight excluding hydrogens is 230 g/mol. The summed E-state index contributed by atoms with van der Waals surface area (Å²) in [5.41, 5.74) is 1.19. The lowest BCUT2D eigenvalue weighted by Gasteiger charge is -2.14. The van der Waals surface area contributed by atoms with Gasteiger partial charge in [0.25, 0.3) is 0 Å². The second-order valence-corrected chi connectivity index (χ2v) is 5.13. The molecule has 96 valence electrons. The van der Waals surface area contributed by atoms with Gasteiger partial charge in [0.1, 0.15) is 0 Å². The lowest BCUT2D eigenvalue weighted by molar-refractivity contribution is 0.483. The Labute approximate surface area is 111 Å². The van der Waals surface area contributed by atoms with Crippen molar-refractivity contribution in [2.24, 2.45) is 0 Å². The third kappa shape index (κ3) is 6.09. The summed E-state index contributed by atoms with van der Waals surface area (Å²) in [6.07, 6.45) is 6.60. The number of hydrogen-bond acceptors (Lipinski definition) is 1. The Morgan fingerprint density at radius 2 is 1.94 bits per heavy atom. The molecule has 0 bridgehead atoms.